The molecule has 3 N–H and O–H groups in total. The zero-order valence-electron chi connectivity index (χ0n) is 14.7. The van der Waals surface area contributed by atoms with Crippen molar-refractivity contribution >= 4 is 17.6 Å². The second-order valence-corrected chi connectivity index (χ2v) is 5.57. The molecule has 2 rings (SSSR count). The van der Waals surface area contributed by atoms with E-state index in [-0.39, 0.29) is 43.2 Å². The van der Waals surface area contributed by atoms with Gasteiger partial charge in [-0.15, -0.1) is 0 Å². The number of carbonyl (C=O) groups excluding carboxylic acids is 3. The Bertz CT molecular complexity index is 866. The van der Waals surface area contributed by atoms with Crippen molar-refractivity contribution in [3.05, 3.63) is 65.7 Å². The molecule has 2 amide bonds. The maximum atomic E-state index is 11.9. The summed E-state index contributed by atoms with van der Waals surface area (Å²) in [7, 11) is 0. The Balaban J connectivity index is 1.67. The molecule has 6 heteroatoms. The minimum atomic E-state index is -0.573. The SMILES string of the molecule is NC(=O)c1ccccc1OCC#CCNC(=O)CCC(=O)c1ccccc1. The van der Waals surface area contributed by atoms with Crippen molar-refractivity contribution in [3.63, 3.8) is 0 Å². The predicted octanol–water partition coefficient (Wildman–Crippen LogP) is 1.95. The first-order valence-corrected chi connectivity index (χ1v) is 8.40. The summed E-state index contributed by atoms with van der Waals surface area (Å²) in [4.78, 5) is 34.9. The monoisotopic (exact) mass is 364 g/mol. The van der Waals surface area contributed by atoms with Gasteiger partial charge in [0.1, 0.15) is 12.4 Å². The van der Waals surface area contributed by atoms with Crippen LogP contribution in [0.2, 0.25) is 0 Å². The second kappa shape index (κ2) is 10.4. The fraction of sp³-hybridized carbons (Fsp3) is 0.190. The molecule has 2 aromatic rings. The van der Waals surface area contributed by atoms with Crippen molar-refractivity contribution in [2.45, 2.75) is 12.8 Å². The molecule has 27 heavy (non-hydrogen) atoms. The Kier molecular flexibility index (Phi) is 7.61. The summed E-state index contributed by atoms with van der Waals surface area (Å²) < 4.78 is 5.40. The lowest BCUT2D eigenvalue weighted by atomic mass is 10.1. The molecule has 0 saturated heterocycles. The molecule has 0 heterocycles. The van der Waals surface area contributed by atoms with Crippen LogP contribution in [0.5, 0.6) is 5.75 Å². The van der Waals surface area contributed by atoms with Crippen molar-refractivity contribution in [2.75, 3.05) is 13.2 Å². The quantitative estimate of drug-likeness (QED) is 0.552. The third-order valence-corrected chi connectivity index (χ3v) is 3.63. The van der Waals surface area contributed by atoms with Crippen LogP contribution < -0.4 is 15.8 Å². The van der Waals surface area contributed by atoms with Crippen LogP contribution in [-0.4, -0.2) is 30.7 Å². The van der Waals surface area contributed by atoms with Gasteiger partial charge in [0.05, 0.1) is 12.1 Å². The van der Waals surface area contributed by atoms with E-state index >= 15 is 0 Å². The number of para-hydroxylation sites is 1. The van der Waals surface area contributed by atoms with Crippen LogP contribution in [0, 0.1) is 11.8 Å². The number of amides is 2. The largest absolute Gasteiger partial charge is 0.480 e. The van der Waals surface area contributed by atoms with Crippen molar-refractivity contribution in [2.24, 2.45) is 5.73 Å². The summed E-state index contributed by atoms with van der Waals surface area (Å²) in [5.41, 5.74) is 6.14. The summed E-state index contributed by atoms with van der Waals surface area (Å²) in [6.45, 7) is 0.214. The van der Waals surface area contributed by atoms with Crippen LogP contribution in [0.3, 0.4) is 0 Å². The lowest BCUT2D eigenvalue weighted by molar-refractivity contribution is -0.120. The number of Topliss-reactive ketones (excluding diaryl/α,β-unsaturated/α-hetero) is 1. The van der Waals surface area contributed by atoms with Crippen molar-refractivity contribution < 1.29 is 19.1 Å². The average molecular weight is 364 g/mol. The predicted molar refractivity (Wildman–Crippen MR) is 101 cm³/mol. The molecule has 0 aliphatic heterocycles. The van der Waals surface area contributed by atoms with Crippen LogP contribution in [-0.2, 0) is 4.79 Å². The summed E-state index contributed by atoms with van der Waals surface area (Å²) in [5.74, 6) is 4.96. The molecular formula is C21H20N2O4. The topological polar surface area (TPSA) is 98.5 Å². The second-order valence-electron chi connectivity index (χ2n) is 5.57. The molecule has 0 radical (unpaired) electrons. The number of carbonyl (C=O) groups is 3. The molecule has 0 atom stereocenters. The maximum absolute atomic E-state index is 11.9. The summed E-state index contributed by atoms with van der Waals surface area (Å²) in [5, 5.41) is 2.62. The van der Waals surface area contributed by atoms with Gasteiger partial charge in [-0.3, -0.25) is 14.4 Å². The minimum absolute atomic E-state index is 0.0622. The Morgan fingerprint density at radius 3 is 2.37 bits per heavy atom. The van der Waals surface area contributed by atoms with Gasteiger partial charge < -0.3 is 15.8 Å². The molecular weight excluding hydrogens is 344 g/mol. The Labute approximate surface area is 157 Å². The third kappa shape index (κ3) is 6.67. The maximum Gasteiger partial charge on any atom is 0.252 e. The average Bonchev–Trinajstić information content (AvgIpc) is 2.69. The molecule has 6 nitrogen and oxygen atoms in total. The van der Waals surface area contributed by atoms with Crippen LogP contribution in [0.4, 0.5) is 0 Å². The van der Waals surface area contributed by atoms with Crippen molar-refractivity contribution in [3.8, 4) is 17.6 Å². The molecule has 0 aromatic heterocycles. The van der Waals surface area contributed by atoms with Gasteiger partial charge in [-0.1, -0.05) is 54.3 Å². The van der Waals surface area contributed by atoms with E-state index in [9.17, 15) is 14.4 Å². The highest BCUT2D eigenvalue weighted by Crippen LogP contribution is 2.16. The molecule has 0 fully saturated rings. The zero-order valence-corrected chi connectivity index (χ0v) is 14.7. The van der Waals surface area contributed by atoms with E-state index in [0.29, 0.717) is 11.3 Å². The number of nitrogens with one attached hydrogen (secondary N) is 1. The van der Waals surface area contributed by atoms with E-state index in [0.717, 1.165) is 0 Å². The summed E-state index contributed by atoms with van der Waals surface area (Å²) in [6.07, 6.45) is 0.258. The molecule has 0 bridgehead atoms. The molecule has 0 unspecified atom stereocenters. The number of hydrogen-bond acceptors (Lipinski definition) is 4. The fourth-order valence-corrected chi connectivity index (χ4v) is 2.25. The van der Waals surface area contributed by atoms with Gasteiger partial charge in [0.25, 0.3) is 5.91 Å². The number of nitrogens with two attached hydrogens (primary N) is 1. The first-order valence-electron chi connectivity index (χ1n) is 8.40. The molecule has 0 spiro atoms. The fourth-order valence-electron chi connectivity index (χ4n) is 2.25. The Morgan fingerprint density at radius 2 is 1.63 bits per heavy atom. The summed E-state index contributed by atoms with van der Waals surface area (Å²) >= 11 is 0. The van der Waals surface area contributed by atoms with Gasteiger partial charge >= 0.3 is 0 Å². The number of primary amides is 1. The number of ether oxygens (including phenoxy) is 1. The standard InChI is InChI=1S/C21H20N2O4/c22-21(26)17-10-4-5-11-19(17)27-15-7-6-14-23-20(25)13-12-18(24)16-8-2-1-3-9-16/h1-5,8-11H,12-15H2,(H2,22,26)(H,23,25). The van der Waals surface area contributed by atoms with Gasteiger partial charge in [0, 0.05) is 18.4 Å². The molecule has 2 aromatic carbocycles. The Hall–Kier alpha value is -3.59. The van der Waals surface area contributed by atoms with E-state index in [2.05, 4.69) is 17.2 Å². The van der Waals surface area contributed by atoms with Crippen LogP contribution in [0.1, 0.15) is 33.6 Å². The minimum Gasteiger partial charge on any atom is -0.480 e. The van der Waals surface area contributed by atoms with Crippen LogP contribution in [0.15, 0.2) is 54.6 Å². The van der Waals surface area contributed by atoms with Crippen molar-refractivity contribution in [1.82, 2.24) is 5.32 Å². The van der Waals surface area contributed by atoms with Gasteiger partial charge in [-0.25, -0.2) is 0 Å². The Morgan fingerprint density at radius 1 is 0.926 bits per heavy atom. The van der Waals surface area contributed by atoms with Crippen molar-refractivity contribution in [1.29, 1.82) is 0 Å². The molecule has 0 saturated carbocycles. The van der Waals surface area contributed by atoms with Gasteiger partial charge in [0.15, 0.2) is 5.78 Å². The lowest BCUT2D eigenvalue weighted by Gasteiger charge is -2.05. The number of ketones is 1. The number of benzene rings is 2. The smallest absolute Gasteiger partial charge is 0.252 e. The van der Waals surface area contributed by atoms with Gasteiger partial charge in [-0.05, 0) is 12.1 Å². The first-order chi connectivity index (χ1) is 13.1. The normalized spacial score (nSPS) is 9.63. The van der Waals surface area contributed by atoms with E-state index in [1.807, 2.05) is 6.07 Å². The van der Waals surface area contributed by atoms with E-state index in [4.69, 9.17) is 10.5 Å². The summed E-state index contributed by atoms with van der Waals surface area (Å²) in [6, 6.07) is 15.5. The number of hydrogen-bond donors (Lipinski definition) is 2. The van der Waals surface area contributed by atoms with Crippen LogP contribution >= 0.6 is 0 Å². The molecule has 0 aliphatic rings. The zero-order chi connectivity index (χ0) is 19.5. The highest BCUT2D eigenvalue weighted by Gasteiger charge is 2.08. The van der Waals surface area contributed by atoms with Gasteiger partial charge in [-0.2, -0.15) is 0 Å². The molecule has 138 valence electrons. The highest BCUT2D eigenvalue weighted by molar-refractivity contribution is 5.98. The highest BCUT2D eigenvalue weighted by atomic mass is 16.5. The first kappa shape index (κ1) is 19.7. The molecule has 0 aliphatic carbocycles. The third-order valence-electron chi connectivity index (χ3n) is 3.63. The lowest BCUT2D eigenvalue weighted by Crippen LogP contribution is -2.24. The van der Waals surface area contributed by atoms with E-state index < -0.39 is 5.91 Å². The van der Waals surface area contributed by atoms with E-state index in [1.54, 1.807) is 48.5 Å². The van der Waals surface area contributed by atoms with Crippen LogP contribution in [0.25, 0.3) is 0 Å². The van der Waals surface area contributed by atoms with E-state index in [1.165, 1.54) is 0 Å². The van der Waals surface area contributed by atoms with Gasteiger partial charge in [0.2, 0.25) is 5.91 Å². The number of rotatable bonds is 8.